The molecule has 2 aromatic rings. The standard InChI is InChI=1S/C24H24O12/c25-11-18-21(32)23(35-19(30)7-3-12-1-5-14(26)16(28)9-12)22(33)24(34-18)36-20(31)8-4-13-2-6-15(27)17(29)10-13/h1-10,18,21-29,32-33H,11H2/b7-3+,8-4+/t18-,21-,22-,23+,24+/m1/s1. The second-order valence-electron chi connectivity index (χ2n) is 7.71. The van der Waals surface area contributed by atoms with Crippen LogP contribution in [-0.2, 0) is 23.8 Å². The first-order valence-corrected chi connectivity index (χ1v) is 10.5. The average Bonchev–Trinajstić information content (AvgIpc) is 2.85. The van der Waals surface area contributed by atoms with Crippen LogP contribution in [0, 0.1) is 0 Å². The number of ether oxygens (including phenoxy) is 3. The maximum atomic E-state index is 12.3. The van der Waals surface area contributed by atoms with Crippen LogP contribution in [0.3, 0.4) is 0 Å². The van der Waals surface area contributed by atoms with Gasteiger partial charge in [0.1, 0.15) is 12.2 Å². The summed E-state index contributed by atoms with van der Waals surface area (Å²) < 4.78 is 15.4. The molecule has 5 atom stereocenters. The Morgan fingerprint density at radius 1 is 0.778 bits per heavy atom. The number of hydrogen-bond donors (Lipinski definition) is 7. The van der Waals surface area contributed by atoms with Gasteiger partial charge in [0, 0.05) is 12.2 Å². The van der Waals surface area contributed by atoms with Gasteiger partial charge in [0.25, 0.3) is 0 Å². The van der Waals surface area contributed by atoms with E-state index >= 15 is 0 Å². The lowest BCUT2D eigenvalue weighted by atomic mass is 9.99. The number of esters is 2. The Balaban J connectivity index is 1.66. The Hall–Kier alpha value is -4.10. The number of aromatic hydroxyl groups is 4. The smallest absolute Gasteiger partial charge is 0.333 e. The first-order valence-electron chi connectivity index (χ1n) is 10.5. The molecule has 192 valence electrons. The van der Waals surface area contributed by atoms with E-state index in [2.05, 4.69) is 0 Å². The zero-order chi connectivity index (χ0) is 26.4. The molecule has 1 aliphatic heterocycles. The van der Waals surface area contributed by atoms with Crippen LogP contribution in [0.25, 0.3) is 12.2 Å². The number of aliphatic hydroxyl groups is 3. The third-order valence-electron chi connectivity index (χ3n) is 5.13. The van der Waals surface area contributed by atoms with E-state index in [0.29, 0.717) is 11.1 Å². The molecule has 1 aliphatic rings. The van der Waals surface area contributed by atoms with Gasteiger partial charge in [-0.2, -0.15) is 0 Å². The summed E-state index contributed by atoms with van der Waals surface area (Å²) in [6.45, 7) is -0.749. The van der Waals surface area contributed by atoms with E-state index in [9.17, 15) is 45.3 Å². The number of carbonyl (C=O) groups is 2. The summed E-state index contributed by atoms with van der Waals surface area (Å²) in [5.74, 6) is -3.53. The van der Waals surface area contributed by atoms with Crippen LogP contribution >= 0.6 is 0 Å². The average molecular weight is 504 g/mol. The van der Waals surface area contributed by atoms with E-state index in [1.165, 1.54) is 48.6 Å². The van der Waals surface area contributed by atoms with Gasteiger partial charge in [-0.1, -0.05) is 12.1 Å². The van der Waals surface area contributed by atoms with E-state index in [4.69, 9.17) is 14.2 Å². The highest BCUT2D eigenvalue weighted by molar-refractivity contribution is 5.88. The lowest BCUT2D eigenvalue weighted by Crippen LogP contribution is -2.60. The monoisotopic (exact) mass is 504 g/mol. The minimum Gasteiger partial charge on any atom is -0.504 e. The largest absolute Gasteiger partial charge is 0.504 e. The molecule has 1 heterocycles. The van der Waals surface area contributed by atoms with Crippen LogP contribution in [0.5, 0.6) is 23.0 Å². The highest BCUT2D eigenvalue weighted by Crippen LogP contribution is 2.28. The molecule has 2 aromatic carbocycles. The zero-order valence-electron chi connectivity index (χ0n) is 18.5. The third-order valence-corrected chi connectivity index (χ3v) is 5.13. The van der Waals surface area contributed by atoms with Crippen molar-refractivity contribution in [1.29, 1.82) is 0 Å². The van der Waals surface area contributed by atoms with Crippen molar-refractivity contribution in [2.75, 3.05) is 6.61 Å². The van der Waals surface area contributed by atoms with Crippen LogP contribution in [0.15, 0.2) is 48.6 Å². The van der Waals surface area contributed by atoms with E-state index < -0.39 is 60.8 Å². The van der Waals surface area contributed by atoms with Crippen LogP contribution in [0.2, 0.25) is 0 Å². The van der Waals surface area contributed by atoms with Crippen molar-refractivity contribution in [3.05, 3.63) is 59.7 Å². The van der Waals surface area contributed by atoms with Crippen LogP contribution in [-0.4, -0.2) is 85.0 Å². The molecule has 1 saturated heterocycles. The van der Waals surface area contributed by atoms with Gasteiger partial charge < -0.3 is 50.0 Å². The summed E-state index contributed by atoms with van der Waals surface area (Å²) in [6, 6.07) is 7.59. The minimum absolute atomic E-state index is 0.337. The zero-order valence-corrected chi connectivity index (χ0v) is 18.5. The molecule has 0 bridgehead atoms. The predicted octanol–water partition coefficient (Wildman–Crippen LogP) is 0.130. The van der Waals surface area contributed by atoms with Gasteiger partial charge in [-0.3, -0.25) is 0 Å². The Labute approximate surface area is 204 Å². The molecule has 12 heteroatoms. The van der Waals surface area contributed by atoms with Crippen LogP contribution < -0.4 is 0 Å². The Morgan fingerprint density at radius 2 is 1.28 bits per heavy atom. The molecular formula is C24H24O12. The molecule has 0 aromatic heterocycles. The van der Waals surface area contributed by atoms with Crippen molar-refractivity contribution in [3.8, 4) is 23.0 Å². The van der Waals surface area contributed by atoms with Gasteiger partial charge in [0.2, 0.25) is 6.29 Å². The second-order valence-corrected chi connectivity index (χ2v) is 7.71. The van der Waals surface area contributed by atoms with E-state index in [1.807, 2.05) is 0 Å². The summed E-state index contributed by atoms with van der Waals surface area (Å²) in [6.07, 6.45) is -3.84. The highest BCUT2D eigenvalue weighted by Gasteiger charge is 2.48. The van der Waals surface area contributed by atoms with E-state index in [1.54, 1.807) is 0 Å². The number of aliphatic hydroxyl groups excluding tert-OH is 3. The lowest BCUT2D eigenvalue weighted by molar-refractivity contribution is -0.293. The van der Waals surface area contributed by atoms with Crippen molar-refractivity contribution in [3.63, 3.8) is 0 Å². The Kier molecular flexibility index (Phi) is 8.51. The summed E-state index contributed by atoms with van der Waals surface area (Å²) in [5.41, 5.74) is 0.681. The van der Waals surface area contributed by atoms with Crippen LogP contribution in [0.1, 0.15) is 11.1 Å². The second kappa shape index (κ2) is 11.6. The molecule has 36 heavy (non-hydrogen) atoms. The number of carbonyl (C=O) groups excluding carboxylic acids is 2. The maximum Gasteiger partial charge on any atom is 0.333 e. The molecule has 7 N–H and O–H groups in total. The molecule has 0 unspecified atom stereocenters. The molecule has 0 saturated carbocycles. The molecule has 0 amide bonds. The molecule has 0 spiro atoms. The topological polar surface area (TPSA) is 203 Å². The van der Waals surface area contributed by atoms with Crippen molar-refractivity contribution >= 4 is 24.1 Å². The first-order chi connectivity index (χ1) is 17.1. The molecular weight excluding hydrogens is 480 g/mol. The summed E-state index contributed by atoms with van der Waals surface area (Å²) in [5, 5.41) is 68.0. The summed E-state index contributed by atoms with van der Waals surface area (Å²) in [4.78, 5) is 24.5. The summed E-state index contributed by atoms with van der Waals surface area (Å²) in [7, 11) is 0. The van der Waals surface area contributed by atoms with Gasteiger partial charge in [0.15, 0.2) is 35.2 Å². The number of phenolic OH excluding ortho intramolecular Hbond substituents is 4. The van der Waals surface area contributed by atoms with Crippen LogP contribution in [0.4, 0.5) is 0 Å². The number of hydrogen-bond acceptors (Lipinski definition) is 12. The Bertz CT molecular complexity index is 1160. The number of phenols is 4. The molecule has 1 fully saturated rings. The maximum absolute atomic E-state index is 12.3. The van der Waals surface area contributed by atoms with Gasteiger partial charge in [-0.05, 0) is 47.5 Å². The third kappa shape index (κ3) is 6.52. The lowest BCUT2D eigenvalue weighted by Gasteiger charge is -2.40. The molecule has 12 nitrogen and oxygen atoms in total. The van der Waals surface area contributed by atoms with Gasteiger partial charge in [-0.25, -0.2) is 9.59 Å². The van der Waals surface area contributed by atoms with Gasteiger partial charge >= 0.3 is 11.9 Å². The fourth-order valence-electron chi connectivity index (χ4n) is 3.23. The summed E-state index contributed by atoms with van der Waals surface area (Å²) >= 11 is 0. The minimum atomic E-state index is -1.83. The fourth-order valence-corrected chi connectivity index (χ4v) is 3.23. The van der Waals surface area contributed by atoms with E-state index in [-0.39, 0.29) is 11.5 Å². The molecule has 0 radical (unpaired) electrons. The Morgan fingerprint density at radius 3 is 1.75 bits per heavy atom. The highest BCUT2D eigenvalue weighted by atomic mass is 16.7. The quantitative estimate of drug-likeness (QED) is 0.153. The van der Waals surface area contributed by atoms with Crippen molar-refractivity contribution in [1.82, 2.24) is 0 Å². The van der Waals surface area contributed by atoms with Gasteiger partial charge in [0.05, 0.1) is 6.61 Å². The normalized spacial score (nSPS) is 24.1. The van der Waals surface area contributed by atoms with E-state index in [0.717, 1.165) is 12.2 Å². The molecule has 0 aliphatic carbocycles. The van der Waals surface area contributed by atoms with Crippen molar-refractivity contribution in [2.45, 2.75) is 30.7 Å². The fraction of sp³-hybridized carbons (Fsp3) is 0.250. The number of benzene rings is 2. The number of rotatable bonds is 7. The van der Waals surface area contributed by atoms with Crippen molar-refractivity contribution in [2.24, 2.45) is 0 Å². The predicted molar refractivity (Wildman–Crippen MR) is 121 cm³/mol. The van der Waals surface area contributed by atoms with Crippen molar-refractivity contribution < 1.29 is 59.5 Å². The molecule has 3 rings (SSSR count). The van der Waals surface area contributed by atoms with Gasteiger partial charge in [-0.15, -0.1) is 0 Å². The first kappa shape index (κ1) is 26.5. The SMILES string of the molecule is O=C(/C=C/c1ccc(O)c(O)c1)O[C@@H]1O[C@H](CO)[C@@H](O)[C@H](OC(=O)/C=C/c2ccc(O)c(O)c2)[C@H]1O.